The number of rotatable bonds is 1. The van der Waals surface area contributed by atoms with Crippen LogP contribution in [0.1, 0.15) is 12.8 Å². The van der Waals surface area contributed by atoms with Crippen molar-refractivity contribution in [2.45, 2.75) is 18.2 Å². The molecule has 0 aliphatic carbocycles. The Bertz CT molecular complexity index is 227. The second kappa shape index (κ2) is 3.29. The molecule has 0 aromatic carbocycles. The van der Waals surface area contributed by atoms with E-state index in [0.717, 1.165) is 12.8 Å². The van der Waals surface area contributed by atoms with E-state index in [9.17, 15) is 8.42 Å². The number of sulfonamides is 1. The van der Waals surface area contributed by atoms with Crippen LogP contribution in [0.3, 0.4) is 0 Å². The zero-order valence-corrected chi connectivity index (χ0v) is 8.03. The quantitative estimate of drug-likeness (QED) is 0.579. The first-order valence-corrected chi connectivity index (χ1v) is 5.88. The van der Waals surface area contributed by atoms with Gasteiger partial charge < -0.3 is 0 Å². The first-order valence-electron chi connectivity index (χ1n) is 3.59. The van der Waals surface area contributed by atoms with Gasteiger partial charge in [0.2, 0.25) is 10.0 Å². The predicted octanol–water partition coefficient (Wildman–Crippen LogP) is 0.649. The van der Waals surface area contributed by atoms with E-state index in [1.807, 2.05) is 0 Å². The fraction of sp³-hybridized carbons (Fsp3) is 1.00. The SMILES string of the molecule is CS(=O)(=O)N1CCC[C@H](Cl)C1. The van der Waals surface area contributed by atoms with Gasteiger partial charge in [0.15, 0.2) is 0 Å². The van der Waals surface area contributed by atoms with E-state index < -0.39 is 10.0 Å². The first kappa shape index (κ1) is 9.29. The van der Waals surface area contributed by atoms with Gasteiger partial charge in [0.25, 0.3) is 0 Å². The lowest BCUT2D eigenvalue weighted by Gasteiger charge is -2.27. The maximum Gasteiger partial charge on any atom is 0.211 e. The van der Waals surface area contributed by atoms with Crippen molar-refractivity contribution in [3.63, 3.8) is 0 Å². The Labute approximate surface area is 72.4 Å². The van der Waals surface area contributed by atoms with E-state index in [-0.39, 0.29) is 5.38 Å². The highest BCUT2D eigenvalue weighted by Crippen LogP contribution is 2.16. The van der Waals surface area contributed by atoms with E-state index in [2.05, 4.69) is 0 Å². The standard InChI is InChI=1S/C6H12ClNO2S/c1-11(9,10)8-4-2-3-6(7)5-8/h6H,2-5H2,1H3/t6-/m0/s1. The Kier molecular flexibility index (Phi) is 2.78. The molecule has 0 spiro atoms. The van der Waals surface area contributed by atoms with E-state index in [4.69, 9.17) is 11.6 Å². The molecular weight excluding hydrogens is 186 g/mol. The van der Waals surface area contributed by atoms with E-state index in [0.29, 0.717) is 13.1 Å². The van der Waals surface area contributed by atoms with E-state index in [1.54, 1.807) is 0 Å². The Morgan fingerprint density at radius 1 is 1.55 bits per heavy atom. The van der Waals surface area contributed by atoms with Crippen molar-refractivity contribution in [2.24, 2.45) is 0 Å². The smallest absolute Gasteiger partial charge is 0.211 e. The lowest BCUT2D eigenvalue weighted by molar-refractivity contribution is 0.353. The molecule has 1 aliphatic rings. The maximum atomic E-state index is 11.0. The van der Waals surface area contributed by atoms with Crippen LogP contribution in [0, 0.1) is 0 Å². The number of piperidine rings is 1. The summed E-state index contributed by atoms with van der Waals surface area (Å²) in [4.78, 5) is 0. The van der Waals surface area contributed by atoms with Gasteiger partial charge in [-0.15, -0.1) is 11.6 Å². The summed E-state index contributed by atoms with van der Waals surface area (Å²) in [6.45, 7) is 1.10. The van der Waals surface area contributed by atoms with Crippen LogP contribution in [-0.4, -0.2) is 37.4 Å². The summed E-state index contributed by atoms with van der Waals surface area (Å²) in [6, 6.07) is 0. The second-order valence-corrected chi connectivity index (χ2v) is 5.46. The molecule has 11 heavy (non-hydrogen) atoms. The predicted molar refractivity (Wildman–Crippen MR) is 45.3 cm³/mol. The third kappa shape index (κ3) is 2.61. The summed E-state index contributed by atoms with van der Waals surface area (Å²) in [5.74, 6) is 0. The molecule has 1 atom stereocenters. The average molecular weight is 198 g/mol. The molecule has 0 aromatic rings. The summed E-state index contributed by atoms with van der Waals surface area (Å²) in [7, 11) is -3.01. The van der Waals surface area contributed by atoms with Gasteiger partial charge >= 0.3 is 0 Å². The highest BCUT2D eigenvalue weighted by Gasteiger charge is 2.23. The van der Waals surface area contributed by atoms with Crippen molar-refractivity contribution in [3.05, 3.63) is 0 Å². The van der Waals surface area contributed by atoms with Gasteiger partial charge in [0, 0.05) is 18.5 Å². The van der Waals surface area contributed by atoms with Crippen LogP contribution < -0.4 is 0 Å². The van der Waals surface area contributed by atoms with Gasteiger partial charge in [0.1, 0.15) is 0 Å². The van der Waals surface area contributed by atoms with E-state index >= 15 is 0 Å². The minimum absolute atomic E-state index is 0.00141. The molecule has 1 rings (SSSR count). The molecule has 5 heteroatoms. The van der Waals surface area contributed by atoms with Crippen LogP contribution in [0.4, 0.5) is 0 Å². The number of alkyl halides is 1. The largest absolute Gasteiger partial charge is 0.213 e. The summed E-state index contributed by atoms with van der Waals surface area (Å²) in [5.41, 5.74) is 0. The molecule has 0 radical (unpaired) electrons. The van der Waals surface area contributed by atoms with Crippen LogP contribution in [0.15, 0.2) is 0 Å². The van der Waals surface area contributed by atoms with Crippen molar-refractivity contribution in [2.75, 3.05) is 19.3 Å². The molecule has 1 aliphatic heterocycles. The number of hydrogen-bond acceptors (Lipinski definition) is 2. The molecule has 0 aromatic heterocycles. The monoisotopic (exact) mass is 197 g/mol. The summed E-state index contributed by atoms with van der Waals surface area (Å²) >= 11 is 5.81. The highest BCUT2D eigenvalue weighted by atomic mass is 35.5. The molecule has 3 nitrogen and oxygen atoms in total. The zero-order valence-electron chi connectivity index (χ0n) is 6.46. The molecular formula is C6H12ClNO2S. The molecule has 0 bridgehead atoms. The number of hydrogen-bond donors (Lipinski definition) is 0. The molecule has 0 amide bonds. The van der Waals surface area contributed by atoms with Crippen molar-refractivity contribution >= 4 is 21.6 Å². The van der Waals surface area contributed by atoms with Gasteiger partial charge in [-0.3, -0.25) is 0 Å². The molecule has 0 N–H and O–H groups in total. The number of nitrogens with zero attached hydrogens (tertiary/aromatic N) is 1. The van der Waals surface area contributed by atoms with Crippen molar-refractivity contribution < 1.29 is 8.42 Å². The van der Waals surface area contributed by atoms with Gasteiger partial charge in [-0.1, -0.05) is 0 Å². The molecule has 0 saturated carbocycles. The second-order valence-electron chi connectivity index (χ2n) is 2.86. The Morgan fingerprint density at radius 3 is 2.55 bits per heavy atom. The third-order valence-electron chi connectivity index (χ3n) is 1.80. The molecule has 1 heterocycles. The zero-order chi connectivity index (χ0) is 8.48. The Balaban J connectivity index is 2.60. The summed E-state index contributed by atoms with van der Waals surface area (Å²) < 4.78 is 23.4. The molecule has 0 unspecified atom stereocenters. The lowest BCUT2D eigenvalue weighted by Crippen LogP contribution is -2.39. The lowest BCUT2D eigenvalue weighted by atomic mass is 10.2. The van der Waals surface area contributed by atoms with Crippen LogP contribution in [0.2, 0.25) is 0 Å². The first-order chi connectivity index (χ1) is 5.00. The van der Waals surface area contributed by atoms with Gasteiger partial charge in [0.05, 0.1) is 6.26 Å². The molecule has 1 saturated heterocycles. The fourth-order valence-electron chi connectivity index (χ4n) is 1.19. The Morgan fingerprint density at radius 2 is 2.18 bits per heavy atom. The van der Waals surface area contributed by atoms with Crippen LogP contribution in [0.5, 0.6) is 0 Å². The normalized spacial score (nSPS) is 28.7. The number of halogens is 1. The van der Waals surface area contributed by atoms with Gasteiger partial charge in [-0.05, 0) is 12.8 Å². The summed E-state index contributed by atoms with van der Waals surface area (Å²) in [5, 5.41) is -0.00141. The fourth-order valence-corrected chi connectivity index (χ4v) is 2.51. The minimum atomic E-state index is -3.01. The molecule has 66 valence electrons. The highest BCUT2D eigenvalue weighted by molar-refractivity contribution is 7.88. The minimum Gasteiger partial charge on any atom is -0.213 e. The maximum absolute atomic E-state index is 11.0. The topological polar surface area (TPSA) is 37.4 Å². The van der Waals surface area contributed by atoms with Crippen LogP contribution >= 0.6 is 11.6 Å². The van der Waals surface area contributed by atoms with Crippen LogP contribution in [0.25, 0.3) is 0 Å². The van der Waals surface area contributed by atoms with Crippen molar-refractivity contribution in [3.8, 4) is 0 Å². The van der Waals surface area contributed by atoms with Crippen molar-refractivity contribution in [1.29, 1.82) is 0 Å². The van der Waals surface area contributed by atoms with Gasteiger partial charge in [-0.25, -0.2) is 12.7 Å². The summed E-state index contributed by atoms with van der Waals surface area (Å²) in [6.07, 6.45) is 3.02. The average Bonchev–Trinajstić information content (AvgIpc) is 1.86. The van der Waals surface area contributed by atoms with Gasteiger partial charge in [-0.2, -0.15) is 0 Å². The van der Waals surface area contributed by atoms with Crippen molar-refractivity contribution in [1.82, 2.24) is 4.31 Å². The molecule has 1 fully saturated rings. The Hall–Kier alpha value is 0.200. The third-order valence-corrected chi connectivity index (χ3v) is 3.42. The van der Waals surface area contributed by atoms with Crippen LogP contribution in [-0.2, 0) is 10.0 Å². The van der Waals surface area contributed by atoms with E-state index in [1.165, 1.54) is 10.6 Å².